The molecule has 0 bridgehead atoms. The van der Waals surface area contributed by atoms with E-state index in [2.05, 4.69) is 9.88 Å². The first-order valence-electron chi connectivity index (χ1n) is 6.85. The summed E-state index contributed by atoms with van der Waals surface area (Å²) in [7, 11) is 0. The van der Waals surface area contributed by atoms with Crippen LogP contribution in [0.5, 0.6) is 0 Å². The van der Waals surface area contributed by atoms with Gasteiger partial charge in [0.2, 0.25) is 0 Å². The number of likely N-dealkylation sites (tertiary alicyclic amines) is 1. The molecule has 2 heterocycles. The molecule has 0 spiro atoms. The first-order valence-corrected chi connectivity index (χ1v) is 6.85. The van der Waals surface area contributed by atoms with Crippen molar-refractivity contribution >= 4 is 0 Å². The van der Waals surface area contributed by atoms with Crippen molar-refractivity contribution < 1.29 is 9.50 Å². The molecule has 5 heteroatoms. The van der Waals surface area contributed by atoms with Gasteiger partial charge in [0.05, 0.1) is 12.4 Å². The molecule has 0 amide bonds. The van der Waals surface area contributed by atoms with Crippen molar-refractivity contribution in [1.82, 2.24) is 14.5 Å². The maximum atomic E-state index is 13.4. The average molecular weight is 275 g/mol. The zero-order chi connectivity index (χ0) is 13.9. The molecule has 0 radical (unpaired) electrons. The van der Waals surface area contributed by atoms with Gasteiger partial charge in [-0.2, -0.15) is 0 Å². The maximum Gasteiger partial charge on any atom is 0.123 e. The van der Waals surface area contributed by atoms with Gasteiger partial charge in [-0.1, -0.05) is 12.1 Å². The number of aliphatic hydroxyl groups is 1. The molecule has 1 aromatic carbocycles. The van der Waals surface area contributed by atoms with Gasteiger partial charge < -0.3 is 9.67 Å². The zero-order valence-corrected chi connectivity index (χ0v) is 11.2. The number of aromatic nitrogens is 2. The normalized spacial score (nSPS) is 23.3. The number of benzene rings is 1. The van der Waals surface area contributed by atoms with E-state index in [0.29, 0.717) is 13.0 Å². The molecule has 1 aliphatic rings. The summed E-state index contributed by atoms with van der Waals surface area (Å²) < 4.78 is 15.4. The second-order valence-electron chi connectivity index (χ2n) is 5.26. The van der Waals surface area contributed by atoms with Gasteiger partial charge in [0.15, 0.2) is 0 Å². The molecule has 1 aromatic heterocycles. The first kappa shape index (κ1) is 13.3. The molecule has 1 aliphatic heterocycles. The summed E-state index contributed by atoms with van der Waals surface area (Å²) in [6.07, 6.45) is 5.77. The Hall–Kier alpha value is -1.72. The molecule has 1 N–H and O–H groups in total. The number of nitrogens with zero attached hydrogens (tertiary/aromatic N) is 3. The fourth-order valence-electron chi connectivity index (χ4n) is 2.85. The van der Waals surface area contributed by atoms with Gasteiger partial charge in [-0.15, -0.1) is 0 Å². The Balaban J connectivity index is 1.71. The van der Waals surface area contributed by atoms with Crippen LogP contribution < -0.4 is 0 Å². The van der Waals surface area contributed by atoms with Gasteiger partial charge in [-0.3, -0.25) is 4.90 Å². The predicted octanol–water partition coefficient (Wildman–Crippen LogP) is 1.83. The van der Waals surface area contributed by atoms with Crippen LogP contribution in [0.3, 0.4) is 0 Å². The molecule has 20 heavy (non-hydrogen) atoms. The quantitative estimate of drug-likeness (QED) is 0.925. The minimum absolute atomic E-state index is 0.0872. The summed E-state index contributed by atoms with van der Waals surface area (Å²) in [5, 5.41) is 9.90. The van der Waals surface area contributed by atoms with E-state index < -0.39 is 0 Å². The molecule has 106 valence electrons. The van der Waals surface area contributed by atoms with Crippen LogP contribution in [-0.4, -0.2) is 38.8 Å². The number of β-amino-alcohol motifs (C(OH)–C–C–N with tert-alkyl or cyclic N) is 1. The second-order valence-corrected chi connectivity index (χ2v) is 5.26. The minimum atomic E-state index is -0.342. The highest BCUT2D eigenvalue weighted by Crippen LogP contribution is 2.32. The highest BCUT2D eigenvalue weighted by molar-refractivity contribution is 5.21. The monoisotopic (exact) mass is 275 g/mol. The van der Waals surface area contributed by atoms with E-state index in [-0.39, 0.29) is 18.0 Å². The molecule has 0 aliphatic carbocycles. The number of imidazole rings is 1. The van der Waals surface area contributed by atoms with Crippen LogP contribution in [0.2, 0.25) is 0 Å². The van der Waals surface area contributed by atoms with Crippen LogP contribution >= 0.6 is 0 Å². The Morgan fingerprint density at radius 1 is 1.35 bits per heavy atom. The van der Waals surface area contributed by atoms with Crippen molar-refractivity contribution in [3.63, 3.8) is 0 Å². The summed E-state index contributed by atoms with van der Waals surface area (Å²) in [6, 6.07) is 6.75. The van der Waals surface area contributed by atoms with E-state index in [0.717, 1.165) is 18.7 Å². The summed E-state index contributed by atoms with van der Waals surface area (Å²) in [6.45, 7) is 2.27. The van der Waals surface area contributed by atoms with Gasteiger partial charge in [0.25, 0.3) is 0 Å². The third-order valence-electron chi connectivity index (χ3n) is 3.82. The molecule has 2 atom stereocenters. The third-order valence-corrected chi connectivity index (χ3v) is 3.82. The fraction of sp³-hybridized carbons (Fsp3) is 0.400. The number of rotatable bonds is 4. The summed E-state index contributed by atoms with van der Waals surface area (Å²) in [5.41, 5.74) is 0.937. The van der Waals surface area contributed by atoms with Crippen LogP contribution in [0.25, 0.3) is 0 Å². The Morgan fingerprint density at radius 3 is 3.00 bits per heavy atom. The number of hydrogen-bond acceptors (Lipinski definition) is 3. The SMILES string of the molecule is O[C@@H]1C[C@H](c2cccc(F)c2)N(CCn2ccnc2)C1. The van der Waals surface area contributed by atoms with Crippen molar-refractivity contribution in [1.29, 1.82) is 0 Å². The fourth-order valence-corrected chi connectivity index (χ4v) is 2.85. The lowest BCUT2D eigenvalue weighted by molar-refractivity contribution is 0.173. The van der Waals surface area contributed by atoms with Crippen LogP contribution in [-0.2, 0) is 6.54 Å². The van der Waals surface area contributed by atoms with Gasteiger partial charge in [0.1, 0.15) is 5.82 Å². The highest BCUT2D eigenvalue weighted by atomic mass is 19.1. The van der Waals surface area contributed by atoms with Crippen LogP contribution in [0, 0.1) is 5.82 Å². The van der Waals surface area contributed by atoms with Crippen LogP contribution in [0.15, 0.2) is 43.0 Å². The molecule has 3 rings (SSSR count). The average Bonchev–Trinajstić information content (AvgIpc) is 3.05. The van der Waals surface area contributed by atoms with Crippen molar-refractivity contribution in [2.45, 2.75) is 25.1 Å². The lowest BCUT2D eigenvalue weighted by Crippen LogP contribution is -2.28. The smallest absolute Gasteiger partial charge is 0.123 e. The Labute approximate surface area is 117 Å². The molecular formula is C15H18FN3O. The number of aliphatic hydroxyl groups excluding tert-OH is 1. The van der Waals surface area contributed by atoms with Gasteiger partial charge >= 0.3 is 0 Å². The standard InChI is InChI=1S/C15H18FN3O/c16-13-3-1-2-12(8-13)15-9-14(20)10-19(15)7-6-18-5-4-17-11-18/h1-5,8,11,14-15,20H,6-7,9-10H2/t14-,15-/m1/s1. The molecule has 2 aromatic rings. The van der Waals surface area contributed by atoms with E-state index >= 15 is 0 Å². The van der Waals surface area contributed by atoms with Crippen LogP contribution in [0.4, 0.5) is 4.39 Å². The molecule has 0 unspecified atom stereocenters. The van der Waals surface area contributed by atoms with E-state index in [9.17, 15) is 9.50 Å². The molecule has 0 saturated carbocycles. The van der Waals surface area contributed by atoms with Gasteiger partial charge in [-0.25, -0.2) is 9.37 Å². The summed E-state index contributed by atoms with van der Waals surface area (Å²) in [5.74, 6) is -0.224. The summed E-state index contributed by atoms with van der Waals surface area (Å²) in [4.78, 5) is 6.22. The Kier molecular flexibility index (Phi) is 3.80. The number of hydrogen-bond donors (Lipinski definition) is 1. The van der Waals surface area contributed by atoms with Gasteiger partial charge in [-0.05, 0) is 24.1 Å². The summed E-state index contributed by atoms with van der Waals surface area (Å²) >= 11 is 0. The van der Waals surface area contributed by atoms with E-state index in [4.69, 9.17) is 0 Å². The maximum absolute atomic E-state index is 13.4. The molecular weight excluding hydrogens is 257 g/mol. The van der Waals surface area contributed by atoms with Gasteiger partial charge in [0, 0.05) is 38.1 Å². The van der Waals surface area contributed by atoms with Crippen molar-refractivity contribution in [3.8, 4) is 0 Å². The van der Waals surface area contributed by atoms with Crippen molar-refractivity contribution in [2.75, 3.05) is 13.1 Å². The topological polar surface area (TPSA) is 41.3 Å². The largest absolute Gasteiger partial charge is 0.392 e. The predicted molar refractivity (Wildman–Crippen MR) is 73.6 cm³/mol. The lowest BCUT2D eigenvalue weighted by atomic mass is 10.0. The molecule has 4 nitrogen and oxygen atoms in total. The lowest BCUT2D eigenvalue weighted by Gasteiger charge is -2.24. The molecule has 1 saturated heterocycles. The first-order chi connectivity index (χ1) is 9.72. The number of halogens is 1. The van der Waals surface area contributed by atoms with Crippen LogP contribution in [0.1, 0.15) is 18.0 Å². The second kappa shape index (κ2) is 5.73. The Morgan fingerprint density at radius 2 is 2.25 bits per heavy atom. The third kappa shape index (κ3) is 2.89. The highest BCUT2D eigenvalue weighted by Gasteiger charge is 2.31. The molecule has 1 fully saturated rings. The van der Waals surface area contributed by atoms with Crippen molar-refractivity contribution in [2.24, 2.45) is 0 Å². The minimum Gasteiger partial charge on any atom is -0.392 e. The van der Waals surface area contributed by atoms with E-state index in [1.54, 1.807) is 24.7 Å². The van der Waals surface area contributed by atoms with E-state index in [1.165, 1.54) is 6.07 Å². The Bertz CT molecular complexity index is 558. The zero-order valence-electron chi connectivity index (χ0n) is 11.2. The van der Waals surface area contributed by atoms with E-state index in [1.807, 2.05) is 16.8 Å². The van der Waals surface area contributed by atoms with Crippen molar-refractivity contribution in [3.05, 3.63) is 54.4 Å².